The molecule has 1 atom stereocenters. The summed E-state index contributed by atoms with van der Waals surface area (Å²) in [6.07, 6.45) is 0.590. The highest BCUT2D eigenvalue weighted by atomic mass is 32.2. The maximum Gasteiger partial charge on any atom is 0.228 e. The molecule has 3 rings (SSSR count). The number of amides is 1. The number of nitrogens with zero attached hydrogens (tertiary/aromatic N) is 2. The molecule has 1 saturated heterocycles. The highest BCUT2D eigenvalue weighted by Crippen LogP contribution is 2.21. The van der Waals surface area contributed by atoms with Gasteiger partial charge in [-0.1, -0.05) is 35.5 Å². The summed E-state index contributed by atoms with van der Waals surface area (Å²) in [6.45, 7) is 2.24. The van der Waals surface area contributed by atoms with Crippen LogP contribution in [0.1, 0.15) is 19.0 Å². The van der Waals surface area contributed by atoms with Gasteiger partial charge >= 0.3 is 0 Å². The van der Waals surface area contributed by atoms with E-state index >= 15 is 0 Å². The normalized spacial score (nSPS) is 20.5. The summed E-state index contributed by atoms with van der Waals surface area (Å²) >= 11 is 0. The van der Waals surface area contributed by atoms with Gasteiger partial charge in [-0.3, -0.25) is 4.79 Å². The van der Waals surface area contributed by atoms with Crippen LogP contribution in [0.25, 0.3) is 11.3 Å². The molecule has 0 bridgehead atoms. The van der Waals surface area contributed by atoms with Crippen LogP contribution in [0.2, 0.25) is 0 Å². The van der Waals surface area contributed by atoms with Gasteiger partial charge in [0.15, 0.2) is 15.6 Å². The predicted octanol–water partition coefficient (Wildman–Crippen LogP) is 1.92. The molecule has 0 N–H and O–H groups in total. The molecule has 128 valence electrons. The molecule has 2 aromatic rings. The third-order valence-electron chi connectivity index (χ3n) is 4.15. The molecule has 1 aromatic heterocycles. The topological polar surface area (TPSA) is 80.5 Å². The largest absolute Gasteiger partial charge is 0.356 e. The molecule has 24 heavy (non-hydrogen) atoms. The van der Waals surface area contributed by atoms with Crippen LogP contribution in [0.5, 0.6) is 0 Å². The van der Waals surface area contributed by atoms with Crippen molar-refractivity contribution < 1.29 is 17.7 Å². The van der Waals surface area contributed by atoms with Gasteiger partial charge in [0.1, 0.15) is 0 Å². The summed E-state index contributed by atoms with van der Waals surface area (Å²) in [4.78, 5) is 14.2. The molecule has 1 amide bonds. The fourth-order valence-corrected chi connectivity index (χ4v) is 4.63. The first-order chi connectivity index (χ1) is 11.4. The lowest BCUT2D eigenvalue weighted by Crippen LogP contribution is -2.41. The minimum atomic E-state index is -3.07. The maximum absolute atomic E-state index is 12.5. The molecule has 0 radical (unpaired) electrons. The van der Waals surface area contributed by atoms with Gasteiger partial charge in [0.2, 0.25) is 5.91 Å². The second kappa shape index (κ2) is 6.76. The molecule has 1 aromatic carbocycles. The van der Waals surface area contributed by atoms with Gasteiger partial charge in [-0.05, 0) is 13.3 Å². The number of hydrogen-bond donors (Lipinski definition) is 0. The first-order valence-electron chi connectivity index (χ1n) is 7.95. The molecule has 1 aliphatic heterocycles. The van der Waals surface area contributed by atoms with Gasteiger partial charge in [0.05, 0.1) is 23.6 Å². The molecule has 0 spiro atoms. The van der Waals surface area contributed by atoms with E-state index in [1.807, 2.05) is 30.3 Å². The first kappa shape index (κ1) is 16.7. The molecule has 6 nitrogen and oxygen atoms in total. The summed E-state index contributed by atoms with van der Waals surface area (Å²) < 4.78 is 28.9. The Morgan fingerprint density at radius 3 is 2.83 bits per heavy atom. The minimum Gasteiger partial charge on any atom is -0.356 e. The predicted molar refractivity (Wildman–Crippen MR) is 90.1 cm³/mol. The van der Waals surface area contributed by atoms with Crippen molar-refractivity contribution >= 4 is 15.7 Å². The number of carbonyl (C=O) groups excluding carboxylic acids is 1. The Kier molecular flexibility index (Phi) is 4.71. The summed E-state index contributed by atoms with van der Waals surface area (Å²) in [7, 11) is -3.07. The highest BCUT2D eigenvalue weighted by molar-refractivity contribution is 7.91. The van der Waals surface area contributed by atoms with Gasteiger partial charge in [0.25, 0.3) is 0 Å². The monoisotopic (exact) mass is 348 g/mol. The Hall–Kier alpha value is -2.15. The summed E-state index contributed by atoms with van der Waals surface area (Å²) in [6, 6.07) is 11.0. The van der Waals surface area contributed by atoms with Crippen molar-refractivity contribution in [2.45, 2.75) is 25.8 Å². The van der Waals surface area contributed by atoms with Crippen molar-refractivity contribution in [1.82, 2.24) is 10.1 Å². The molecule has 0 aliphatic carbocycles. The van der Waals surface area contributed by atoms with Crippen LogP contribution in [-0.2, 0) is 21.1 Å². The Bertz CT molecular complexity index is 814. The van der Waals surface area contributed by atoms with Crippen molar-refractivity contribution in [1.29, 1.82) is 0 Å². The van der Waals surface area contributed by atoms with Crippen molar-refractivity contribution in [2.75, 3.05) is 18.1 Å². The van der Waals surface area contributed by atoms with Crippen LogP contribution in [0.3, 0.4) is 0 Å². The SMILES string of the molecule is CC1CS(=O)(=O)CCCN1C(=O)Cc1cc(-c2ccccc2)on1. The van der Waals surface area contributed by atoms with Gasteiger partial charge in [-0.2, -0.15) is 0 Å². The molecule has 1 aliphatic rings. The van der Waals surface area contributed by atoms with E-state index in [0.29, 0.717) is 24.4 Å². The second-order valence-corrected chi connectivity index (χ2v) is 8.36. The molecule has 1 unspecified atom stereocenters. The maximum atomic E-state index is 12.5. The molecule has 0 saturated carbocycles. The lowest BCUT2D eigenvalue weighted by atomic mass is 10.1. The molecule has 1 fully saturated rings. The van der Waals surface area contributed by atoms with Crippen molar-refractivity contribution in [3.05, 3.63) is 42.1 Å². The fraction of sp³-hybridized carbons (Fsp3) is 0.412. The zero-order valence-corrected chi connectivity index (χ0v) is 14.3. The van der Waals surface area contributed by atoms with Crippen molar-refractivity contribution in [3.8, 4) is 11.3 Å². The molecule has 7 heteroatoms. The molecular formula is C17H20N2O4S. The second-order valence-electron chi connectivity index (χ2n) is 6.13. The van der Waals surface area contributed by atoms with E-state index in [1.54, 1.807) is 17.9 Å². The van der Waals surface area contributed by atoms with E-state index in [9.17, 15) is 13.2 Å². The molecule has 2 heterocycles. The summed E-state index contributed by atoms with van der Waals surface area (Å²) in [5.74, 6) is 0.660. The third kappa shape index (κ3) is 3.84. The summed E-state index contributed by atoms with van der Waals surface area (Å²) in [5, 5.41) is 3.96. The summed E-state index contributed by atoms with van der Waals surface area (Å²) in [5.41, 5.74) is 1.45. The van der Waals surface area contributed by atoms with Crippen LogP contribution in [0, 0.1) is 0 Å². The first-order valence-corrected chi connectivity index (χ1v) is 9.78. The van der Waals surface area contributed by atoms with E-state index in [-0.39, 0.29) is 29.9 Å². The van der Waals surface area contributed by atoms with Crippen LogP contribution in [-0.4, -0.2) is 48.5 Å². The average molecular weight is 348 g/mol. The Morgan fingerprint density at radius 2 is 2.08 bits per heavy atom. The number of hydrogen-bond acceptors (Lipinski definition) is 5. The van der Waals surface area contributed by atoms with Gasteiger partial charge in [0, 0.05) is 24.2 Å². The Balaban J connectivity index is 1.70. The van der Waals surface area contributed by atoms with Crippen molar-refractivity contribution in [3.63, 3.8) is 0 Å². The fourth-order valence-electron chi connectivity index (χ4n) is 2.98. The number of carbonyl (C=O) groups is 1. The van der Waals surface area contributed by atoms with Gasteiger partial charge in [-0.25, -0.2) is 8.42 Å². The average Bonchev–Trinajstić information content (AvgIpc) is 2.94. The van der Waals surface area contributed by atoms with E-state index < -0.39 is 9.84 Å². The minimum absolute atomic E-state index is 0.0207. The Labute approximate surface area is 141 Å². The smallest absolute Gasteiger partial charge is 0.228 e. The number of benzene rings is 1. The van der Waals surface area contributed by atoms with E-state index in [2.05, 4.69) is 5.16 Å². The lowest BCUT2D eigenvalue weighted by molar-refractivity contribution is -0.132. The number of rotatable bonds is 3. The Morgan fingerprint density at radius 1 is 1.33 bits per heavy atom. The van der Waals surface area contributed by atoms with E-state index in [0.717, 1.165) is 5.56 Å². The zero-order chi connectivity index (χ0) is 17.2. The third-order valence-corrected chi connectivity index (χ3v) is 6.05. The highest BCUT2D eigenvalue weighted by Gasteiger charge is 2.29. The lowest BCUT2D eigenvalue weighted by Gasteiger charge is -2.26. The molecular weight excluding hydrogens is 328 g/mol. The van der Waals surface area contributed by atoms with Crippen LogP contribution in [0.4, 0.5) is 0 Å². The standard InChI is InChI=1S/C17H20N2O4S/c1-13-12-24(21,22)9-5-8-19(13)17(20)11-15-10-16(23-18-15)14-6-3-2-4-7-14/h2-4,6-7,10,13H,5,8-9,11-12H2,1H3. The zero-order valence-electron chi connectivity index (χ0n) is 13.5. The van der Waals surface area contributed by atoms with Gasteiger partial charge in [-0.15, -0.1) is 0 Å². The van der Waals surface area contributed by atoms with E-state index in [4.69, 9.17) is 4.52 Å². The van der Waals surface area contributed by atoms with Crippen LogP contribution >= 0.6 is 0 Å². The quantitative estimate of drug-likeness (QED) is 0.846. The van der Waals surface area contributed by atoms with E-state index in [1.165, 1.54) is 0 Å². The number of sulfone groups is 1. The van der Waals surface area contributed by atoms with Crippen molar-refractivity contribution in [2.24, 2.45) is 0 Å². The number of aromatic nitrogens is 1. The van der Waals surface area contributed by atoms with Crippen LogP contribution < -0.4 is 0 Å². The van der Waals surface area contributed by atoms with Gasteiger partial charge < -0.3 is 9.42 Å². The van der Waals surface area contributed by atoms with Crippen LogP contribution in [0.15, 0.2) is 40.9 Å².